The Morgan fingerprint density at radius 2 is 1.80 bits per heavy atom. The van der Waals surface area contributed by atoms with Gasteiger partial charge in [0.05, 0.1) is 13.7 Å². The number of carboxylic acids is 1. The lowest BCUT2D eigenvalue weighted by Gasteiger charge is -2.15. The Bertz CT molecular complexity index is 1330. The van der Waals surface area contributed by atoms with Crippen molar-refractivity contribution >= 4 is 22.8 Å². The molecule has 1 heterocycles. The molecular weight excluding hydrogens is 446 g/mol. The van der Waals surface area contributed by atoms with Crippen LogP contribution in [0, 0.1) is 0 Å². The molecule has 7 nitrogen and oxygen atoms in total. The van der Waals surface area contributed by atoms with Crippen molar-refractivity contribution in [2.75, 3.05) is 13.7 Å². The summed E-state index contributed by atoms with van der Waals surface area (Å²) in [5, 5.41) is 13.0. The zero-order valence-electron chi connectivity index (χ0n) is 19.6. The maximum atomic E-state index is 12.7. The van der Waals surface area contributed by atoms with Crippen LogP contribution in [0.15, 0.2) is 77.2 Å². The van der Waals surface area contributed by atoms with Crippen LogP contribution in [-0.2, 0) is 11.2 Å². The molecule has 2 N–H and O–H groups in total. The van der Waals surface area contributed by atoms with Crippen LogP contribution < -0.4 is 14.8 Å². The average molecular weight is 474 g/mol. The number of nitrogens with one attached hydrogen (secondary N) is 1. The van der Waals surface area contributed by atoms with Gasteiger partial charge in [0.2, 0.25) is 0 Å². The normalized spacial score (nSPS) is 11.7. The molecule has 0 spiro atoms. The van der Waals surface area contributed by atoms with Crippen LogP contribution >= 0.6 is 0 Å². The van der Waals surface area contributed by atoms with Crippen LogP contribution in [0.1, 0.15) is 29.5 Å². The third-order valence-corrected chi connectivity index (χ3v) is 5.60. The summed E-state index contributed by atoms with van der Waals surface area (Å²) < 4.78 is 16.6. The van der Waals surface area contributed by atoms with E-state index in [4.69, 9.17) is 13.9 Å². The van der Waals surface area contributed by atoms with E-state index in [1.165, 1.54) is 0 Å². The number of benzene rings is 3. The van der Waals surface area contributed by atoms with Crippen molar-refractivity contribution in [3.8, 4) is 22.6 Å². The Hall–Kier alpha value is -4.26. The summed E-state index contributed by atoms with van der Waals surface area (Å²) in [4.78, 5) is 24.6. The molecule has 0 saturated heterocycles. The molecular formula is C28H27NO6. The van der Waals surface area contributed by atoms with Crippen LogP contribution in [0.4, 0.5) is 0 Å². The van der Waals surface area contributed by atoms with Gasteiger partial charge in [0.25, 0.3) is 5.91 Å². The molecule has 0 aliphatic heterocycles. The lowest BCUT2D eigenvalue weighted by molar-refractivity contribution is -0.139. The third-order valence-electron chi connectivity index (χ3n) is 5.60. The van der Waals surface area contributed by atoms with Crippen molar-refractivity contribution in [1.29, 1.82) is 0 Å². The predicted molar refractivity (Wildman–Crippen MR) is 133 cm³/mol. The molecule has 0 aliphatic carbocycles. The Kier molecular flexibility index (Phi) is 7.35. The summed E-state index contributed by atoms with van der Waals surface area (Å²) in [7, 11) is 1.55. The summed E-state index contributed by atoms with van der Waals surface area (Å²) in [5.41, 5.74) is 3.23. The van der Waals surface area contributed by atoms with E-state index < -0.39 is 17.9 Å². The zero-order chi connectivity index (χ0) is 24.8. The molecule has 1 unspecified atom stereocenters. The summed E-state index contributed by atoms with van der Waals surface area (Å²) in [6.07, 6.45) is 1.04. The topological polar surface area (TPSA) is 98.0 Å². The molecule has 1 aromatic heterocycles. The van der Waals surface area contributed by atoms with Gasteiger partial charge in [-0.05, 0) is 47.9 Å². The highest BCUT2D eigenvalue weighted by atomic mass is 16.5. The van der Waals surface area contributed by atoms with Crippen molar-refractivity contribution in [2.24, 2.45) is 0 Å². The molecule has 1 atom stereocenters. The number of rotatable bonds is 10. The predicted octanol–water partition coefficient (Wildman–Crippen LogP) is 5.32. The Labute approximate surface area is 203 Å². The van der Waals surface area contributed by atoms with Crippen LogP contribution in [0.3, 0.4) is 0 Å². The van der Waals surface area contributed by atoms with Gasteiger partial charge < -0.3 is 24.3 Å². The van der Waals surface area contributed by atoms with Crippen LogP contribution in [0.5, 0.6) is 11.5 Å². The number of methoxy groups -OCH3 is 1. The average Bonchev–Trinajstić information content (AvgIpc) is 3.31. The van der Waals surface area contributed by atoms with E-state index >= 15 is 0 Å². The first-order valence-corrected chi connectivity index (χ1v) is 11.4. The van der Waals surface area contributed by atoms with E-state index in [9.17, 15) is 14.7 Å². The maximum Gasteiger partial charge on any atom is 0.326 e. The first-order chi connectivity index (χ1) is 17.0. The van der Waals surface area contributed by atoms with Crippen LogP contribution in [0.2, 0.25) is 0 Å². The number of amides is 1. The van der Waals surface area contributed by atoms with Gasteiger partial charge in [-0.1, -0.05) is 49.4 Å². The maximum absolute atomic E-state index is 12.7. The van der Waals surface area contributed by atoms with Crippen molar-refractivity contribution < 1.29 is 28.6 Å². The fourth-order valence-electron chi connectivity index (χ4n) is 3.79. The number of hydrogen-bond donors (Lipinski definition) is 2. The highest BCUT2D eigenvalue weighted by Crippen LogP contribution is 2.30. The molecule has 7 heteroatoms. The minimum Gasteiger partial charge on any atom is -0.497 e. The van der Waals surface area contributed by atoms with Gasteiger partial charge in [-0.3, -0.25) is 4.79 Å². The fourth-order valence-corrected chi connectivity index (χ4v) is 3.79. The first kappa shape index (κ1) is 23.9. The molecule has 0 bridgehead atoms. The van der Waals surface area contributed by atoms with Gasteiger partial charge in [-0.2, -0.15) is 0 Å². The van der Waals surface area contributed by atoms with E-state index in [2.05, 4.69) is 12.2 Å². The SMILES string of the molecule is CCCOc1ccccc1-c1ccc(CC(NC(=O)c2cc3cc(OC)ccc3o2)C(=O)O)cc1. The molecule has 35 heavy (non-hydrogen) atoms. The van der Waals surface area contributed by atoms with Gasteiger partial charge in [0.15, 0.2) is 5.76 Å². The molecule has 0 radical (unpaired) electrons. The molecule has 4 aromatic rings. The lowest BCUT2D eigenvalue weighted by atomic mass is 10.00. The summed E-state index contributed by atoms with van der Waals surface area (Å²) >= 11 is 0. The number of furan rings is 1. The van der Waals surface area contributed by atoms with Crippen LogP contribution in [-0.4, -0.2) is 36.7 Å². The Morgan fingerprint density at radius 1 is 1.03 bits per heavy atom. The quantitative estimate of drug-likeness (QED) is 0.323. The van der Waals surface area contributed by atoms with Crippen LogP contribution in [0.25, 0.3) is 22.1 Å². The second-order valence-electron chi connectivity index (χ2n) is 8.12. The van der Waals surface area contributed by atoms with E-state index in [1.54, 1.807) is 31.4 Å². The van der Waals surface area contributed by atoms with Crippen molar-refractivity contribution in [3.63, 3.8) is 0 Å². The second kappa shape index (κ2) is 10.8. The van der Waals surface area contributed by atoms with Gasteiger partial charge in [0, 0.05) is 17.4 Å². The molecule has 0 aliphatic rings. The minimum absolute atomic E-state index is 0.0403. The number of hydrogen-bond acceptors (Lipinski definition) is 5. The summed E-state index contributed by atoms with van der Waals surface area (Å²) in [5.74, 6) is -0.235. The van der Waals surface area contributed by atoms with E-state index in [-0.39, 0.29) is 12.2 Å². The standard InChI is InChI=1S/C28H27NO6/c1-3-14-34-25-7-5-4-6-22(25)19-10-8-18(9-11-19)15-23(28(31)32)29-27(30)26-17-20-16-21(33-2)12-13-24(20)35-26/h4-13,16-17,23H,3,14-15H2,1-2H3,(H,29,30)(H,31,32). The fraction of sp³-hybridized carbons (Fsp3) is 0.214. The highest BCUT2D eigenvalue weighted by Gasteiger charge is 2.23. The highest BCUT2D eigenvalue weighted by molar-refractivity contribution is 5.98. The smallest absolute Gasteiger partial charge is 0.326 e. The minimum atomic E-state index is -1.13. The van der Waals surface area contributed by atoms with Crippen molar-refractivity contribution in [3.05, 3.63) is 84.1 Å². The van der Waals surface area contributed by atoms with E-state index in [1.807, 2.05) is 48.5 Å². The number of carboxylic acid groups (broad SMARTS) is 1. The second-order valence-corrected chi connectivity index (χ2v) is 8.12. The lowest BCUT2D eigenvalue weighted by Crippen LogP contribution is -2.42. The Balaban J connectivity index is 1.47. The Morgan fingerprint density at radius 3 is 2.51 bits per heavy atom. The summed E-state index contributed by atoms with van der Waals surface area (Å²) in [6, 6.07) is 21.0. The van der Waals surface area contributed by atoms with Gasteiger partial charge in [-0.15, -0.1) is 0 Å². The molecule has 0 saturated carbocycles. The molecule has 4 rings (SSSR count). The van der Waals surface area contributed by atoms with E-state index in [0.717, 1.165) is 28.9 Å². The molecule has 180 valence electrons. The number of carbonyl (C=O) groups excluding carboxylic acids is 1. The van der Waals surface area contributed by atoms with Crippen molar-refractivity contribution in [2.45, 2.75) is 25.8 Å². The van der Waals surface area contributed by atoms with Gasteiger partial charge in [0.1, 0.15) is 23.1 Å². The van der Waals surface area contributed by atoms with Gasteiger partial charge in [-0.25, -0.2) is 4.79 Å². The molecule has 1 amide bonds. The first-order valence-electron chi connectivity index (χ1n) is 11.4. The molecule has 0 fully saturated rings. The number of aliphatic carboxylic acids is 1. The number of para-hydroxylation sites is 1. The molecule has 3 aromatic carbocycles. The largest absolute Gasteiger partial charge is 0.497 e. The van der Waals surface area contributed by atoms with Gasteiger partial charge >= 0.3 is 5.97 Å². The number of carbonyl (C=O) groups is 2. The number of fused-ring (bicyclic) bond motifs is 1. The summed E-state index contributed by atoms with van der Waals surface area (Å²) in [6.45, 7) is 2.69. The monoisotopic (exact) mass is 473 g/mol. The zero-order valence-corrected chi connectivity index (χ0v) is 19.6. The number of ether oxygens (including phenoxy) is 2. The van der Waals surface area contributed by atoms with E-state index in [0.29, 0.717) is 23.3 Å². The van der Waals surface area contributed by atoms with Crippen molar-refractivity contribution in [1.82, 2.24) is 5.32 Å². The third kappa shape index (κ3) is 5.63.